The summed E-state index contributed by atoms with van der Waals surface area (Å²) in [5, 5.41) is 0. The van der Waals surface area contributed by atoms with E-state index in [1.807, 2.05) is 0 Å². The van der Waals surface area contributed by atoms with Crippen LogP contribution in [-0.2, 0) is 15.3 Å². The molecule has 0 saturated carbocycles. The van der Waals surface area contributed by atoms with Crippen LogP contribution in [0.1, 0.15) is 5.56 Å². The molecule has 1 fully saturated rings. The van der Waals surface area contributed by atoms with Gasteiger partial charge in [-0.15, -0.1) is 0 Å². The van der Waals surface area contributed by atoms with E-state index in [4.69, 9.17) is 5.73 Å². The van der Waals surface area contributed by atoms with Gasteiger partial charge in [0, 0.05) is 12.0 Å². The molecule has 0 bridgehead atoms. The van der Waals surface area contributed by atoms with Crippen molar-refractivity contribution in [1.82, 2.24) is 0 Å². The summed E-state index contributed by atoms with van der Waals surface area (Å²) in [4.78, 5) is 0. The molecule has 15 heavy (non-hydrogen) atoms. The Hall–Kier alpha value is -0.940. The Bertz CT molecular complexity index is 472. The Balaban J connectivity index is 2.37. The predicted molar refractivity (Wildman–Crippen MR) is 55.8 cm³/mol. The summed E-state index contributed by atoms with van der Waals surface area (Å²) in [6.07, 6.45) is 0. The summed E-state index contributed by atoms with van der Waals surface area (Å²) in [6.45, 7) is 0.232. The van der Waals surface area contributed by atoms with E-state index in [1.54, 1.807) is 12.1 Å². The maximum absolute atomic E-state index is 13.0. The zero-order chi connectivity index (χ0) is 11.1. The lowest BCUT2D eigenvalue weighted by Gasteiger charge is -2.40. The molecular weight excluding hydrogens is 217 g/mol. The average molecular weight is 229 g/mol. The van der Waals surface area contributed by atoms with Crippen molar-refractivity contribution < 1.29 is 12.8 Å². The molecule has 82 valence electrons. The van der Waals surface area contributed by atoms with Gasteiger partial charge in [0.15, 0.2) is 9.84 Å². The smallest absolute Gasteiger partial charge is 0.152 e. The molecule has 0 amide bonds. The van der Waals surface area contributed by atoms with Crippen molar-refractivity contribution in [1.29, 1.82) is 0 Å². The fourth-order valence-electron chi connectivity index (χ4n) is 2.02. The Morgan fingerprint density at radius 1 is 1.40 bits per heavy atom. The van der Waals surface area contributed by atoms with Crippen molar-refractivity contribution in [3.8, 4) is 0 Å². The normalized spacial score (nSPS) is 22.0. The lowest BCUT2D eigenvalue weighted by molar-refractivity contribution is 0.462. The molecule has 5 heteroatoms. The molecule has 1 aromatic carbocycles. The number of sulfone groups is 1. The topological polar surface area (TPSA) is 60.2 Å². The molecular formula is C10H12FNO2S. The predicted octanol–water partition coefficient (Wildman–Crippen LogP) is 0.451. The molecule has 0 aromatic heterocycles. The number of hydrogen-bond donors (Lipinski definition) is 1. The van der Waals surface area contributed by atoms with E-state index in [2.05, 4.69) is 0 Å². The summed E-state index contributed by atoms with van der Waals surface area (Å²) < 4.78 is 35.3. The van der Waals surface area contributed by atoms with Gasteiger partial charge in [-0.05, 0) is 17.7 Å². The third-order valence-electron chi connectivity index (χ3n) is 2.82. The number of halogens is 1. The van der Waals surface area contributed by atoms with E-state index in [9.17, 15) is 12.8 Å². The molecule has 0 unspecified atom stereocenters. The lowest BCUT2D eigenvalue weighted by Crippen LogP contribution is -2.56. The molecule has 1 aliphatic rings. The highest BCUT2D eigenvalue weighted by atomic mass is 32.2. The molecule has 0 aliphatic carbocycles. The first-order valence-corrected chi connectivity index (χ1v) is 6.46. The molecule has 0 radical (unpaired) electrons. The lowest BCUT2D eigenvalue weighted by atomic mass is 9.83. The first kappa shape index (κ1) is 10.6. The van der Waals surface area contributed by atoms with Gasteiger partial charge in [0.25, 0.3) is 0 Å². The van der Waals surface area contributed by atoms with Crippen LogP contribution in [0, 0.1) is 5.82 Å². The molecule has 2 N–H and O–H groups in total. The average Bonchev–Trinajstić information content (AvgIpc) is 2.13. The van der Waals surface area contributed by atoms with Crippen molar-refractivity contribution in [2.45, 2.75) is 5.41 Å². The van der Waals surface area contributed by atoms with Crippen LogP contribution in [0.25, 0.3) is 0 Å². The van der Waals surface area contributed by atoms with Crippen molar-refractivity contribution >= 4 is 9.84 Å². The number of hydrogen-bond acceptors (Lipinski definition) is 3. The molecule has 2 rings (SSSR count). The van der Waals surface area contributed by atoms with Gasteiger partial charge in [0.05, 0.1) is 11.5 Å². The second kappa shape index (κ2) is 3.28. The van der Waals surface area contributed by atoms with Gasteiger partial charge in [-0.1, -0.05) is 12.1 Å². The van der Waals surface area contributed by atoms with E-state index >= 15 is 0 Å². The third kappa shape index (κ3) is 1.77. The van der Waals surface area contributed by atoms with Crippen LogP contribution >= 0.6 is 0 Å². The summed E-state index contributed by atoms with van der Waals surface area (Å²) in [7, 11) is -2.96. The van der Waals surface area contributed by atoms with Gasteiger partial charge in [-0.3, -0.25) is 0 Å². The van der Waals surface area contributed by atoms with E-state index in [0.717, 1.165) is 0 Å². The van der Waals surface area contributed by atoms with Crippen LogP contribution in [0.4, 0.5) is 4.39 Å². The van der Waals surface area contributed by atoms with Crippen molar-refractivity contribution in [2.75, 3.05) is 18.1 Å². The quantitative estimate of drug-likeness (QED) is 0.801. The first-order chi connectivity index (χ1) is 6.97. The van der Waals surface area contributed by atoms with Gasteiger partial charge < -0.3 is 5.73 Å². The van der Waals surface area contributed by atoms with E-state index < -0.39 is 15.3 Å². The molecule has 1 aliphatic heterocycles. The molecule has 3 nitrogen and oxygen atoms in total. The Kier molecular flexibility index (Phi) is 2.31. The van der Waals surface area contributed by atoms with Crippen LogP contribution in [0.3, 0.4) is 0 Å². The number of rotatable bonds is 2. The Morgan fingerprint density at radius 2 is 2.07 bits per heavy atom. The summed E-state index contributed by atoms with van der Waals surface area (Å²) >= 11 is 0. The summed E-state index contributed by atoms with van der Waals surface area (Å²) in [5.74, 6) is -0.301. The zero-order valence-electron chi connectivity index (χ0n) is 8.11. The molecule has 0 spiro atoms. The number of nitrogens with two attached hydrogens (primary N) is 1. The third-order valence-corrected chi connectivity index (χ3v) is 4.80. The van der Waals surface area contributed by atoms with Crippen molar-refractivity contribution in [2.24, 2.45) is 5.73 Å². The zero-order valence-corrected chi connectivity index (χ0v) is 8.93. The van der Waals surface area contributed by atoms with Gasteiger partial charge in [0.1, 0.15) is 5.82 Å². The maximum Gasteiger partial charge on any atom is 0.152 e. The Labute approximate surface area is 88.0 Å². The van der Waals surface area contributed by atoms with Gasteiger partial charge in [-0.2, -0.15) is 0 Å². The van der Waals surface area contributed by atoms with E-state index in [1.165, 1.54) is 12.1 Å². The SMILES string of the molecule is NCC1(c2cccc(F)c2)CS(=O)(=O)C1. The van der Waals surface area contributed by atoms with Crippen molar-refractivity contribution in [3.05, 3.63) is 35.6 Å². The van der Waals surface area contributed by atoms with Crippen LogP contribution in [0.2, 0.25) is 0 Å². The second-order valence-electron chi connectivity index (χ2n) is 4.03. The Morgan fingerprint density at radius 3 is 2.53 bits per heavy atom. The van der Waals surface area contributed by atoms with Gasteiger partial charge in [0.2, 0.25) is 0 Å². The fourth-order valence-corrected chi connectivity index (χ4v) is 4.19. The maximum atomic E-state index is 13.0. The highest BCUT2D eigenvalue weighted by Crippen LogP contribution is 2.35. The van der Waals surface area contributed by atoms with Crippen LogP contribution in [0.15, 0.2) is 24.3 Å². The number of benzene rings is 1. The highest BCUT2D eigenvalue weighted by molar-refractivity contribution is 7.93. The molecule has 1 heterocycles. The van der Waals surface area contributed by atoms with E-state index in [-0.39, 0.29) is 23.9 Å². The minimum Gasteiger partial charge on any atom is -0.330 e. The van der Waals surface area contributed by atoms with Gasteiger partial charge >= 0.3 is 0 Å². The highest BCUT2D eigenvalue weighted by Gasteiger charge is 2.48. The van der Waals surface area contributed by atoms with Gasteiger partial charge in [-0.25, -0.2) is 12.8 Å². The molecule has 1 saturated heterocycles. The minimum atomic E-state index is -2.96. The van der Waals surface area contributed by atoms with Crippen molar-refractivity contribution in [3.63, 3.8) is 0 Å². The summed E-state index contributed by atoms with van der Waals surface area (Å²) in [6, 6.07) is 6.00. The van der Waals surface area contributed by atoms with E-state index in [0.29, 0.717) is 5.56 Å². The fraction of sp³-hybridized carbons (Fsp3) is 0.400. The minimum absolute atomic E-state index is 0.0277. The molecule has 1 aromatic rings. The largest absolute Gasteiger partial charge is 0.330 e. The standard InChI is InChI=1S/C10H12FNO2S/c11-9-3-1-2-8(4-9)10(5-12)6-15(13,14)7-10/h1-4H,5-7,12H2. The van der Waals surface area contributed by atoms with Crippen LogP contribution in [-0.4, -0.2) is 26.5 Å². The monoisotopic (exact) mass is 229 g/mol. The summed E-state index contributed by atoms with van der Waals surface area (Å²) in [5.41, 5.74) is 5.70. The van der Waals surface area contributed by atoms with Crippen LogP contribution < -0.4 is 5.73 Å². The first-order valence-electron chi connectivity index (χ1n) is 4.64. The second-order valence-corrected chi connectivity index (χ2v) is 6.09. The molecule has 0 atom stereocenters. The van der Waals surface area contributed by atoms with Crippen LogP contribution in [0.5, 0.6) is 0 Å².